The van der Waals surface area contributed by atoms with Crippen LogP contribution in [0.1, 0.15) is 0 Å². The normalized spacial score (nSPS) is 20.7. The Hall–Kier alpha value is -2.03. The van der Waals surface area contributed by atoms with Crippen molar-refractivity contribution in [2.24, 2.45) is 5.92 Å². The maximum atomic E-state index is 11.9. The molecule has 0 aromatic rings. The van der Waals surface area contributed by atoms with Gasteiger partial charge in [0.05, 0.1) is 19.3 Å². The zero-order valence-electron chi connectivity index (χ0n) is 12.5. The molecule has 1 rings (SSSR count). The van der Waals surface area contributed by atoms with E-state index >= 15 is 0 Å². The fraction of sp³-hybridized carbons (Fsp3) is 0.750. The molecule has 1 aliphatic rings. The molecule has 1 heterocycles. The third-order valence-electron chi connectivity index (χ3n) is 3.27. The van der Waals surface area contributed by atoms with Crippen molar-refractivity contribution >= 4 is 18.0 Å². The number of urea groups is 2. The number of ether oxygens (including phenoxy) is 1. The van der Waals surface area contributed by atoms with Crippen LogP contribution in [0.5, 0.6) is 0 Å². The Bertz CT molecular complexity index is 401. The highest BCUT2D eigenvalue weighted by Gasteiger charge is 2.38. The molecule has 1 fully saturated rings. The van der Waals surface area contributed by atoms with Crippen molar-refractivity contribution in [2.75, 3.05) is 47.4 Å². The Labute approximate surface area is 123 Å². The summed E-state index contributed by atoms with van der Waals surface area (Å²) in [6.07, 6.45) is 0. The standard InChI is InChI=1S/C12H22N4O5/c1-15(2)11(19)13-4-5-14-12(20)16(3)9-7-21-6-8(9)10(17)18/h8-9H,4-7H2,1-3H3,(H,13,19)(H,14,20)(H,17,18). The van der Waals surface area contributed by atoms with Crippen molar-refractivity contribution in [1.29, 1.82) is 0 Å². The first kappa shape index (κ1) is 17.0. The monoisotopic (exact) mass is 302 g/mol. The molecule has 4 amide bonds. The van der Waals surface area contributed by atoms with Gasteiger partial charge in [-0.3, -0.25) is 4.79 Å². The van der Waals surface area contributed by atoms with Crippen LogP contribution < -0.4 is 10.6 Å². The van der Waals surface area contributed by atoms with Crippen LogP contribution in [-0.2, 0) is 9.53 Å². The topological polar surface area (TPSA) is 111 Å². The molecular weight excluding hydrogens is 280 g/mol. The van der Waals surface area contributed by atoms with Crippen molar-refractivity contribution in [2.45, 2.75) is 6.04 Å². The number of hydrogen-bond donors (Lipinski definition) is 3. The smallest absolute Gasteiger partial charge is 0.317 e. The first-order valence-electron chi connectivity index (χ1n) is 6.61. The van der Waals surface area contributed by atoms with Gasteiger partial charge >= 0.3 is 18.0 Å². The molecule has 0 aliphatic carbocycles. The summed E-state index contributed by atoms with van der Waals surface area (Å²) in [4.78, 5) is 36.9. The molecule has 2 unspecified atom stereocenters. The van der Waals surface area contributed by atoms with Gasteiger partial charge in [-0.15, -0.1) is 0 Å². The van der Waals surface area contributed by atoms with E-state index in [9.17, 15) is 14.4 Å². The second-order valence-electron chi connectivity index (χ2n) is 5.02. The summed E-state index contributed by atoms with van der Waals surface area (Å²) in [6.45, 7) is 0.864. The third-order valence-corrected chi connectivity index (χ3v) is 3.27. The van der Waals surface area contributed by atoms with E-state index in [0.717, 1.165) is 0 Å². The first-order valence-corrected chi connectivity index (χ1v) is 6.61. The molecule has 120 valence electrons. The Morgan fingerprint density at radius 3 is 2.19 bits per heavy atom. The van der Waals surface area contributed by atoms with Gasteiger partial charge in [-0.05, 0) is 0 Å². The summed E-state index contributed by atoms with van der Waals surface area (Å²) in [5.74, 6) is -1.69. The molecule has 0 saturated carbocycles. The average Bonchev–Trinajstić information content (AvgIpc) is 2.91. The van der Waals surface area contributed by atoms with E-state index in [1.165, 1.54) is 16.8 Å². The van der Waals surface area contributed by atoms with E-state index in [-0.39, 0.29) is 25.8 Å². The minimum atomic E-state index is -0.976. The van der Waals surface area contributed by atoms with E-state index in [2.05, 4.69) is 10.6 Å². The van der Waals surface area contributed by atoms with Crippen molar-refractivity contribution < 1.29 is 24.2 Å². The summed E-state index contributed by atoms with van der Waals surface area (Å²) < 4.78 is 5.12. The van der Waals surface area contributed by atoms with E-state index < -0.39 is 24.0 Å². The van der Waals surface area contributed by atoms with Crippen LogP contribution in [0.2, 0.25) is 0 Å². The van der Waals surface area contributed by atoms with Gasteiger partial charge in [-0.25, -0.2) is 9.59 Å². The van der Waals surface area contributed by atoms with Gasteiger partial charge in [0.1, 0.15) is 5.92 Å². The Balaban J connectivity index is 2.34. The highest BCUT2D eigenvalue weighted by atomic mass is 16.5. The van der Waals surface area contributed by atoms with Gasteiger partial charge in [0.25, 0.3) is 0 Å². The lowest BCUT2D eigenvalue weighted by molar-refractivity contribution is -0.142. The van der Waals surface area contributed by atoms with Gasteiger partial charge in [0, 0.05) is 34.2 Å². The van der Waals surface area contributed by atoms with Crippen molar-refractivity contribution in [3.05, 3.63) is 0 Å². The van der Waals surface area contributed by atoms with Crippen molar-refractivity contribution in [3.8, 4) is 0 Å². The summed E-state index contributed by atoms with van der Waals surface area (Å²) >= 11 is 0. The second kappa shape index (κ2) is 7.67. The Kier molecular flexibility index (Phi) is 6.22. The molecule has 1 saturated heterocycles. The second-order valence-corrected chi connectivity index (χ2v) is 5.02. The third kappa shape index (κ3) is 4.78. The maximum Gasteiger partial charge on any atom is 0.317 e. The molecule has 3 N–H and O–H groups in total. The van der Waals surface area contributed by atoms with Crippen molar-refractivity contribution in [3.63, 3.8) is 0 Å². The number of nitrogens with zero attached hydrogens (tertiary/aromatic N) is 2. The molecule has 2 atom stereocenters. The quantitative estimate of drug-likeness (QED) is 0.564. The summed E-state index contributed by atoms with van der Waals surface area (Å²) in [5.41, 5.74) is 0. The first-order chi connectivity index (χ1) is 9.84. The highest BCUT2D eigenvalue weighted by molar-refractivity contribution is 5.77. The van der Waals surface area contributed by atoms with Crippen LogP contribution in [0.3, 0.4) is 0 Å². The zero-order valence-corrected chi connectivity index (χ0v) is 12.5. The molecule has 1 aliphatic heterocycles. The van der Waals surface area contributed by atoms with Crippen molar-refractivity contribution in [1.82, 2.24) is 20.4 Å². The minimum absolute atomic E-state index is 0.108. The molecule has 9 heteroatoms. The molecule has 0 radical (unpaired) electrons. The molecule has 0 aromatic carbocycles. The number of carbonyl (C=O) groups excluding carboxylic acids is 2. The van der Waals surface area contributed by atoms with Crippen LogP contribution in [0.15, 0.2) is 0 Å². The lowest BCUT2D eigenvalue weighted by Gasteiger charge is -2.26. The predicted molar refractivity (Wildman–Crippen MR) is 74.0 cm³/mol. The number of carboxylic acids is 1. The summed E-state index contributed by atoms with van der Waals surface area (Å²) in [5, 5.41) is 14.3. The number of rotatable bonds is 5. The molecule has 0 aromatic heterocycles. The number of amides is 4. The zero-order chi connectivity index (χ0) is 16.0. The van der Waals surface area contributed by atoms with Gasteiger partial charge in [-0.1, -0.05) is 0 Å². The fourth-order valence-corrected chi connectivity index (χ4v) is 1.93. The number of likely N-dealkylation sites (N-methyl/N-ethyl adjacent to an activating group) is 1. The van der Waals surface area contributed by atoms with Crippen LogP contribution in [-0.4, -0.2) is 86.4 Å². The number of carbonyl (C=O) groups is 3. The predicted octanol–water partition coefficient (Wildman–Crippen LogP) is -1.00. The lowest BCUT2D eigenvalue weighted by Crippen LogP contribution is -2.49. The molecule has 9 nitrogen and oxygen atoms in total. The molecule has 21 heavy (non-hydrogen) atoms. The number of hydrogen-bond acceptors (Lipinski definition) is 4. The summed E-state index contributed by atoms with van der Waals surface area (Å²) in [7, 11) is 4.77. The number of nitrogens with one attached hydrogen (secondary N) is 2. The molecule has 0 bridgehead atoms. The Morgan fingerprint density at radius 1 is 1.10 bits per heavy atom. The van der Waals surface area contributed by atoms with E-state index in [4.69, 9.17) is 9.84 Å². The molecular formula is C12H22N4O5. The van der Waals surface area contributed by atoms with E-state index in [1.54, 1.807) is 14.1 Å². The van der Waals surface area contributed by atoms with E-state index in [0.29, 0.717) is 6.54 Å². The SMILES string of the molecule is CN(C)C(=O)NCCNC(=O)N(C)C1COCC1C(=O)O. The highest BCUT2D eigenvalue weighted by Crippen LogP contribution is 2.18. The van der Waals surface area contributed by atoms with Gasteiger partial charge in [-0.2, -0.15) is 0 Å². The van der Waals surface area contributed by atoms with Gasteiger partial charge in [0.15, 0.2) is 0 Å². The number of aliphatic carboxylic acids is 1. The number of carboxylic acid groups (broad SMARTS) is 1. The van der Waals surface area contributed by atoms with E-state index in [1.807, 2.05) is 0 Å². The average molecular weight is 302 g/mol. The van der Waals surface area contributed by atoms with Crippen LogP contribution >= 0.6 is 0 Å². The van der Waals surface area contributed by atoms with Gasteiger partial charge in [0.2, 0.25) is 0 Å². The van der Waals surface area contributed by atoms with Crippen LogP contribution in [0.4, 0.5) is 9.59 Å². The Morgan fingerprint density at radius 2 is 1.67 bits per heavy atom. The van der Waals surface area contributed by atoms with Crippen LogP contribution in [0.25, 0.3) is 0 Å². The van der Waals surface area contributed by atoms with Gasteiger partial charge < -0.3 is 30.3 Å². The largest absolute Gasteiger partial charge is 0.481 e. The summed E-state index contributed by atoms with van der Waals surface area (Å²) in [6, 6.07) is -1.12. The molecule has 0 spiro atoms. The maximum absolute atomic E-state index is 11.9. The fourth-order valence-electron chi connectivity index (χ4n) is 1.93. The minimum Gasteiger partial charge on any atom is -0.481 e. The van der Waals surface area contributed by atoms with Crippen LogP contribution in [0, 0.1) is 5.92 Å². The lowest BCUT2D eigenvalue weighted by atomic mass is 10.0.